The highest BCUT2D eigenvalue weighted by molar-refractivity contribution is 5.97. The smallest absolute Gasteiger partial charge is 0.335 e. The third kappa shape index (κ3) is 3.17. The van der Waals surface area contributed by atoms with E-state index in [1.54, 1.807) is 24.3 Å². The molecule has 0 unspecified atom stereocenters. The van der Waals surface area contributed by atoms with E-state index in [0.717, 1.165) is 11.3 Å². The van der Waals surface area contributed by atoms with Gasteiger partial charge in [-0.15, -0.1) is 0 Å². The molecule has 1 fully saturated rings. The minimum Gasteiger partial charge on any atom is -0.478 e. The molecule has 1 aromatic carbocycles. The number of anilines is 1. The van der Waals surface area contributed by atoms with Crippen LogP contribution in [-0.4, -0.2) is 48.9 Å². The molecule has 1 saturated heterocycles. The Kier molecular flexibility index (Phi) is 4.08. The number of ketones is 1. The Balaban J connectivity index is 2.17. The number of aromatic carboxylic acids is 1. The molecule has 1 aliphatic rings. The molecule has 5 heteroatoms. The maximum atomic E-state index is 11.9. The minimum absolute atomic E-state index is 0.178. The number of piperidine rings is 1. The number of benzene rings is 1. The third-order valence-electron chi connectivity index (χ3n) is 3.22. The molecule has 0 radical (unpaired) electrons. The van der Waals surface area contributed by atoms with E-state index >= 15 is 0 Å². The van der Waals surface area contributed by atoms with Gasteiger partial charge in [0.25, 0.3) is 0 Å². The third-order valence-corrected chi connectivity index (χ3v) is 3.22. The zero-order valence-electron chi connectivity index (χ0n) is 11.7. The number of nitrogens with zero attached hydrogens (tertiary/aromatic N) is 2. The molecular formula is C15H18N2O3. The Labute approximate surface area is 118 Å². The van der Waals surface area contributed by atoms with E-state index in [2.05, 4.69) is 4.90 Å². The van der Waals surface area contributed by atoms with Crippen LogP contribution in [0.25, 0.3) is 0 Å². The summed E-state index contributed by atoms with van der Waals surface area (Å²) in [7, 11) is 3.78. The predicted molar refractivity (Wildman–Crippen MR) is 77.0 cm³/mol. The largest absolute Gasteiger partial charge is 0.478 e. The SMILES string of the molecule is CN(C)/C=C1\CN(c2ccc(C(=O)O)cc2)CCC1=O. The van der Waals surface area contributed by atoms with Gasteiger partial charge in [-0.05, 0) is 24.3 Å². The average molecular weight is 274 g/mol. The number of rotatable bonds is 3. The summed E-state index contributed by atoms with van der Waals surface area (Å²) in [5.41, 5.74) is 1.99. The zero-order valence-corrected chi connectivity index (χ0v) is 11.7. The van der Waals surface area contributed by atoms with Crippen LogP contribution >= 0.6 is 0 Å². The van der Waals surface area contributed by atoms with Crippen molar-refractivity contribution in [2.24, 2.45) is 0 Å². The highest BCUT2D eigenvalue weighted by atomic mass is 16.4. The van der Waals surface area contributed by atoms with E-state index < -0.39 is 5.97 Å². The first-order chi connectivity index (χ1) is 9.47. The molecule has 20 heavy (non-hydrogen) atoms. The van der Waals surface area contributed by atoms with Gasteiger partial charge in [0.15, 0.2) is 5.78 Å². The Morgan fingerprint density at radius 3 is 2.50 bits per heavy atom. The second-order valence-corrected chi connectivity index (χ2v) is 5.06. The van der Waals surface area contributed by atoms with Crippen molar-refractivity contribution < 1.29 is 14.7 Å². The summed E-state index contributed by atoms with van der Waals surface area (Å²) >= 11 is 0. The first-order valence-corrected chi connectivity index (χ1v) is 6.46. The average Bonchev–Trinajstić information content (AvgIpc) is 2.41. The van der Waals surface area contributed by atoms with Gasteiger partial charge in [-0.1, -0.05) is 0 Å². The van der Waals surface area contributed by atoms with Crippen LogP contribution in [0, 0.1) is 0 Å². The van der Waals surface area contributed by atoms with Crippen molar-refractivity contribution in [2.75, 3.05) is 32.1 Å². The summed E-state index contributed by atoms with van der Waals surface area (Å²) in [6.07, 6.45) is 2.33. The molecule has 2 rings (SSSR count). The van der Waals surface area contributed by atoms with Crippen molar-refractivity contribution in [1.29, 1.82) is 0 Å². The van der Waals surface area contributed by atoms with Gasteiger partial charge >= 0.3 is 5.97 Å². The molecule has 0 spiro atoms. The molecular weight excluding hydrogens is 256 g/mol. The van der Waals surface area contributed by atoms with Crippen LogP contribution in [0.3, 0.4) is 0 Å². The van der Waals surface area contributed by atoms with Crippen molar-refractivity contribution in [3.63, 3.8) is 0 Å². The summed E-state index contributed by atoms with van der Waals surface area (Å²) in [6.45, 7) is 1.22. The van der Waals surface area contributed by atoms with Crippen molar-refractivity contribution in [2.45, 2.75) is 6.42 Å². The van der Waals surface area contributed by atoms with Gasteiger partial charge in [0.05, 0.1) is 5.56 Å². The molecule has 1 aromatic rings. The van der Waals surface area contributed by atoms with Gasteiger partial charge in [-0.3, -0.25) is 4.79 Å². The van der Waals surface area contributed by atoms with Crippen molar-refractivity contribution in [1.82, 2.24) is 4.90 Å². The molecule has 0 bridgehead atoms. The summed E-state index contributed by atoms with van der Waals surface area (Å²) in [5, 5.41) is 8.89. The van der Waals surface area contributed by atoms with Gasteiger partial charge in [-0.2, -0.15) is 0 Å². The van der Waals surface area contributed by atoms with Crippen molar-refractivity contribution >= 4 is 17.4 Å². The monoisotopic (exact) mass is 274 g/mol. The van der Waals surface area contributed by atoms with Crippen LogP contribution < -0.4 is 4.90 Å². The van der Waals surface area contributed by atoms with Crippen molar-refractivity contribution in [3.05, 3.63) is 41.6 Å². The fourth-order valence-corrected chi connectivity index (χ4v) is 2.23. The number of carbonyl (C=O) groups is 2. The van der Waals surface area contributed by atoms with Gasteiger partial charge in [0.2, 0.25) is 0 Å². The van der Waals surface area contributed by atoms with Gasteiger partial charge < -0.3 is 14.9 Å². The van der Waals surface area contributed by atoms with Gasteiger partial charge in [0.1, 0.15) is 0 Å². The predicted octanol–water partition coefficient (Wildman–Crippen LogP) is 1.61. The molecule has 1 N–H and O–H groups in total. The van der Waals surface area contributed by atoms with Crippen molar-refractivity contribution in [3.8, 4) is 0 Å². The summed E-state index contributed by atoms with van der Waals surface area (Å²) in [4.78, 5) is 26.6. The van der Waals surface area contributed by atoms with E-state index in [1.165, 1.54) is 0 Å². The lowest BCUT2D eigenvalue weighted by atomic mass is 10.0. The normalized spacial score (nSPS) is 17.4. The second-order valence-electron chi connectivity index (χ2n) is 5.06. The van der Waals surface area contributed by atoms with Crippen LogP contribution in [0.2, 0.25) is 0 Å². The Morgan fingerprint density at radius 2 is 1.95 bits per heavy atom. The lowest BCUT2D eigenvalue weighted by Gasteiger charge is -2.30. The molecule has 0 aromatic heterocycles. The number of carbonyl (C=O) groups excluding carboxylic acids is 1. The standard InChI is InChI=1S/C15H18N2O3/c1-16(2)9-12-10-17(8-7-14(12)18)13-5-3-11(4-6-13)15(19)20/h3-6,9H,7-8,10H2,1-2H3,(H,19,20)/b12-9+. The van der Waals surface area contributed by atoms with E-state index in [4.69, 9.17) is 5.11 Å². The molecule has 1 aliphatic heterocycles. The number of Topliss-reactive ketones (excluding diaryl/α,β-unsaturated/α-hetero) is 1. The lowest BCUT2D eigenvalue weighted by Crippen LogP contribution is -2.36. The zero-order chi connectivity index (χ0) is 14.7. The molecule has 106 valence electrons. The summed E-state index contributed by atoms with van der Waals surface area (Å²) in [6, 6.07) is 6.74. The Bertz CT molecular complexity index is 547. The minimum atomic E-state index is -0.932. The number of hydrogen-bond donors (Lipinski definition) is 1. The number of hydrogen-bond acceptors (Lipinski definition) is 4. The molecule has 0 atom stereocenters. The van der Waals surface area contributed by atoms with Crippen LogP contribution in [0.1, 0.15) is 16.8 Å². The fraction of sp³-hybridized carbons (Fsp3) is 0.333. The fourth-order valence-electron chi connectivity index (χ4n) is 2.23. The topological polar surface area (TPSA) is 60.9 Å². The molecule has 5 nitrogen and oxygen atoms in total. The van der Waals surface area contributed by atoms with Crippen LogP contribution in [-0.2, 0) is 4.79 Å². The van der Waals surface area contributed by atoms with E-state index in [9.17, 15) is 9.59 Å². The Hall–Kier alpha value is -2.30. The van der Waals surface area contributed by atoms with Crippen LogP contribution in [0.4, 0.5) is 5.69 Å². The van der Waals surface area contributed by atoms with E-state index in [0.29, 0.717) is 19.5 Å². The maximum Gasteiger partial charge on any atom is 0.335 e. The summed E-state index contributed by atoms with van der Waals surface area (Å²) in [5.74, 6) is -0.754. The second kappa shape index (κ2) is 5.77. The molecule has 0 amide bonds. The van der Waals surface area contributed by atoms with E-state index in [-0.39, 0.29) is 11.3 Å². The highest BCUT2D eigenvalue weighted by Gasteiger charge is 2.21. The first kappa shape index (κ1) is 14.1. The number of carboxylic acid groups (broad SMARTS) is 1. The maximum absolute atomic E-state index is 11.9. The van der Waals surface area contributed by atoms with Gasteiger partial charge in [-0.25, -0.2) is 4.79 Å². The molecule has 0 aliphatic carbocycles. The van der Waals surface area contributed by atoms with E-state index in [1.807, 2.05) is 25.2 Å². The first-order valence-electron chi connectivity index (χ1n) is 6.46. The summed E-state index contributed by atoms with van der Waals surface area (Å²) < 4.78 is 0. The molecule has 0 saturated carbocycles. The van der Waals surface area contributed by atoms with Crippen LogP contribution in [0.5, 0.6) is 0 Å². The quantitative estimate of drug-likeness (QED) is 0.849. The number of carboxylic acids is 1. The lowest BCUT2D eigenvalue weighted by molar-refractivity contribution is -0.116. The molecule has 1 heterocycles. The highest BCUT2D eigenvalue weighted by Crippen LogP contribution is 2.21. The Morgan fingerprint density at radius 1 is 1.30 bits per heavy atom. The van der Waals surface area contributed by atoms with Crippen LogP contribution in [0.15, 0.2) is 36.0 Å². The van der Waals surface area contributed by atoms with Gasteiger partial charge in [0, 0.05) is 51.1 Å².